The second-order valence-corrected chi connectivity index (χ2v) is 6.34. The van der Waals surface area contributed by atoms with Gasteiger partial charge in [0.05, 0.1) is 6.54 Å². The monoisotopic (exact) mass is 354 g/mol. The number of rotatable bonds is 6. The lowest BCUT2D eigenvalue weighted by Crippen LogP contribution is -2.32. The number of aliphatic imine (C=N–C) groups is 1. The standard InChI is InChI=1S/C19H22N4O3/c24-17-16(13-21-12-15-7-4-9-20-11-15)18(25)23(19(26)22-17)10-8-14-5-2-1-3-6-14/h4-5,7,9,11,13,25H,1-3,6,8,10,12H2,(H,22,24,26). The molecular formula is C19H22N4O3. The van der Waals surface area contributed by atoms with Gasteiger partial charge in [-0.2, -0.15) is 0 Å². The van der Waals surface area contributed by atoms with E-state index in [1.807, 2.05) is 6.07 Å². The first kappa shape index (κ1) is 17.8. The lowest BCUT2D eigenvalue weighted by atomic mass is 9.97. The number of pyridine rings is 1. The van der Waals surface area contributed by atoms with Crippen LogP contribution in [-0.2, 0) is 13.1 Å². The second kappa shape index (κ2) is 8.42. The third-order valence-corrected chi connectivity index (χ3v) is 4.47. The molecule has 0 spiro atoms. The molecule has 0 amide bonds. The molecule has 7 heteroatoms. The molecule has 3 rings (SSSR count). The van der Waals surface area contributed by atoms with E-state index in [1.165, 1.54) is 22.8 Å². The molecular weight excluding hydrogens is 332 g/mol. The van der Waals surface area contributed by atoms with E-state index >= 15 is 0 Å². The Morgan fingerprint density at radius 1 is 1.35 bits per heavy atom. The highest BCUT2D eigenvalue weighted by molar-refractivity contribution is 5.81. The number of aromatic nitrogens is 3. The first-order valence-corrected chi connectivity index (χ1v) is 8.78. The summed E-state index contributed by atoms with van der Waals surface area (Å²) in [7, 11) is 0. The van der Waals surface area contributed by atoms with Crippen molar-refractivity contribution in [3.8, 4) is 5.88 Å². The van der Waals surface area contributed by atoms with Crippen molar-refractivity contribution >= 4 is 6.21 Å². The highest BCUT2D eigenvalue weighted by Crippen LogP contribution is 2.21. The molecule has 2 heterocycles. The Morgan fingerprint density at radius 3 is 2.96 bits per heavy atom. The Morgan fingerprint density at radius 2 is 2.23 bits per heavy atom. The molecule has 136 valence electrons. The normalized spacial score (nSPS) is 14.5. The number of nitrogens with one attached hydrogen (secondary N) is 1. The Hall–Kier alpha value is -2.96. The van der Waals surface area contributed by atoms with Crippen LogP contribution in [0.15, 0.2) is 50.8 Å². The van der Waals surface area contributed by atoms with Gasteiger partial charge in [-0.3, -0.25) is 24.3 Å². The minimum absolute atomic E-state index is 0.00823. The van der Waals surface area contributed by atoms with E-state index in [0.29, 0.717) is 19.5 Å². The number of allylic oxidation sites excluding steroid dienone is 2. The Balaban J connectivity index is 1.78. The van der Waals surface area contributed by atoms with Crippen molar-refractivity contribution in [1.82, 2.24) is 14.5 Å². The van der Waals surface area contributed by atoms with Crippen molar-refractivity contribution in [2.75, 3.05) is 0 Å². The largest absolute Gasteiger partial charge is 0.494 e. The van der Waals surface area contributed by atoms with E-state index in [2.05, 4.69) is 21.0 Å². The van der Waals surface area contributed by atoms with Crippen molar-refractivity contribution < 1.29 is 5.11 Å². The number of H-pyrrole nitrogens is 1. The maximum Gasteiger partial charge on any atom is 0.331 e. The van der Waals surface area contributed by atoms with Gasteiger partial charge in [-0.1, -0.05) is 17.7 Å². The van der Waals surface area contributed by atoms with E-state index in [0.717, 1.165) is 24.8 Å². The first-order chi connectivity index (χ1) is 12.6. The third kappa shape index (κ3) is 4.36. The van der Waals surface area contributed by atoms with Gasteiger partial charge in [0, 0.05) is 25.2 Å². The van der Waals surface area contributed by atoms with Crippen LogP contribution in [-0.4, -0.2) is 25.9 Å². The lowest BCUT2D eigenvalue weighted by molar-refractivity contribution is 0.398. The van der Waals surface area contributed by atoms with Gasteiger partial charge in [0.15, 0.2) is 0 Å². The van der Waals surface area contributed by atoms with Gasteiger partial charge in [0.2, 0.25) is 5.88 Å². The second-order valence-electron chi connectivity index (χ2n) is 6.34. The molecule has 26 heavy (non-hydrogen) atoms. The van der Waals surface area contributed by atoms with E-state index in [4.69, 9.17) is 0 Å². The summed E-state index contributed by atoms with van der Waals surface area (Å²) in [5.41, 5.74) is 0.924. The number of aromatic amines is 1. The summed E-state index contributed by atoms with van der Waals surface area (Å²) in [5, 5.41) is 10.4. The van der Waals surface area contributed by atoms with Gasteiger partial charge in [-0.15, -0.1) is 0 Å². The molecule has 0 saturated heterocycles. The Bertz CT molecular complexity index is 926. The molecule has 0 atom stereocenters. The van der Waals surface area contributed by atoms with Crippen molar-refractivity contribution in [2.45, 2.75) is 45.2 Å². The zero-order chi connectivity index (χ0) is 18.4. The topological polar surface area (TPSA) is 100 Å². The summed E-state index contributed by atoms with van der Waals surface area (Å²) < 4.78 is 1.20. The number of aromatic hydroxyl groups is 1. The zero-order valence-corrected chi connectivity index (χ0v) is 14.5. The van der Waals surface area contributed by atoms with E-state index in [9.17, 15) is 14.7 Å². The van der Waals surface area contributed by atoms with Gasteiger partial charge >= 0.3 is 5.69 Å². The van der Waals surface area contributed by atoms with Crippen LogP contribution in [0.5, 0.6) is 5.88 Å². The van der Waals surface area contributed by atoms with Gasteiger partial charge in [-0.05, 0) is 43.7 Å². The van der Waals surface area contributed by atoms with Crippen LogP contribution in [0.2, 0.25) is 0 Å². The van der Waals surface area contributed by atoms with Crippen LogP contribution in [0.3, 0.4) is 0 Å². The maximum absolute atomic E-state index is 12.1. The molecule has 1 aliphatic carbocycles. The lowest BCUT2D eigenvalue weighted by Gasteiger charge is -2.14. The average molecular weight is 354 g/mol. The van der Waals surface area contributed by atoms with Crippen LogP contribution in [0.25, 0.3) is 0 Å². The Labute approximate surface area is 150 Å². The number of nitrogens with zero attached hydrogens (tertiary/aromatic N) is 3. The average Bonchev–Trinajstić information content (AvgIpc) is 2.66. The molecule has 0 saturated carbocycles. The van der Waals surface area contributed by atoms with Gasteiger partial charge < -0.3 is 5.11 Å². The summed E-state index contributed by atoms with van der Waals surface area (Å²) in [6, 6.07) is 3.67. The minimum Gasteiger partial charge on any atom is -0.494 e. The first-order valence-electron chi connectivity index (χ1n) is 8.78. The molecule has 7 nitrogen and oxygen atoms in total. The minimum atomic E-state index is -0.643. The highest BCUT2D eigenvalue weighted by Gasteiger charge is 2.13. The molecule has 2 aromatic heterocycles. The van der Waals surface area contributed by atoms with Gasteiger partial charge in [0.25, 0.3) is 5.56 Å². The summed E-state index contributed by atoms with van der Waals surface area (Å²) in [6.07, 6.45) is 12.0. The molecule has 0 unspecified atom stereocenters. The molecule has 0 fully saturated rings. The molecule has 1 aliphatic rings. The summed E-state index contributed by atoms with van der Waals surface area (Å²) in [5.74, 6) is -0.343. The van der Waals surface area contributed by atoms with Crippen molar-refractivity contribution in [3.05, 3.63) is 68.1 Å². The van der Waals surface area contributed by atoms with E-state index in [-0.39, 0.29) is 11.4 Å². The molecule has 2 aromatic rings. The van der Waals surface area contributed by atoms with Crippen molar-refractivity contribution in [1.29, 1.82) is 0 Å². The SMILES string of the molecule is O=c1[nH]c(=O)n(CCC2=CCCCC2)c(O)c1C=NCc1cccnc1. The van der Waals surface area contributed by atoms with E-state index < -0.39 is 11.2 Å². The van der Waals surface area contributed by atoms with Crippen LogP contribution in [0, 0.1) is 0 Å². The van der Waals surface area contributed by atoms with Crippen molar-refractivity contribution in [2.24, 2.45) is 4.99 Å². The van der Waals surface area contributed by atoms with Crippen molar-refractivity contribution in [3.63, 3.8) is 0 Å². The fraction of sp³-hybridized carbons (Fsp3) is 0.368. The summed E-state index contributed by atoms with van der Waals surface area (Å²) in [6.45, 7) is 0.662. The van der Waals surface area contributed by atoms with Gasteiger partial charge in [-0.25, -0.2) is 4.79 Å². The Kier molecular flexibility index (Phi) is 5.78. The molecule has 0 bridgehead atoms. The van der Waals surface area contributed by atoms with E-state index in [1.54, 1.807) is 18.5 Å². The third-order valence-electron chi connectivity index (χ3n) is 4.47. The summed E-state index contributed by atoms with van der Waals surface area (Å²) >= 11 is 0. The number of hydrogen-bond donors (Lipinski definition) is 2. The van der Waals surface area contributed by atoms with Gasteiger partial charge in [0.1, 0.15) is 5.56 Å². The fourth-order valence-corrected chi connectivity index (χ4v) is 3.02. The van der Waals surface area contributed by atoms with Crippen LogP contribution in [0.1, 0.15) is 43.2 Å². The molecule has 0 radical (unpaired) electrons. The predicted octanol–water partition coefficient (Wildman–Crippen LogP) is 2.15. The van der Waals surface area contributed by atoms with Crippen LogP contribution >= 0.6 is 0 Å². The molecule has 0 aliphatic heterocycles. The van der Waals surface area contributed by atoms with Crippen LogP contribution in [0.4, 0.5) is 0 Å². The molecule has 0 aromatic carbocycles. The predicted molar refractivity (Wildman–Crippen MR) is 99.7 cm³/mol. The van der Waals surface area contributed by atoms with Crippen LogP contribution < -0.4 is 11.2 Å². The summed E-state index contributed by atoms with van der Waals surface area (Å²) in [4.78, 5) is 34.5. The maximum atomic E-state index is 12.1. The fourth-order valence-electron chi connectivity index (χ4n) is 3.02. The molecule has 2 N–H and O–H groups in total. The number of hydrogen-bond acceptors (Lipinski definition) is 5. The quantitative estimate of drug-likeness (QED) is 0.613. The highest BCUT2D eigenvalue weighted by atomic mass is 16.3. The zero-order valence-electron chi connectivity index (χ0n) is 14.5. The smallest absolute Gasteiger partial charge is 0.331 e.